The van der Waals surface area contributed by atoms with Gasteiger partial charge in [0.25, 0.3) is 0 Å². The number of ether oxygens (including phenoxy) is 2. The lowest BCUT2D eigenvalue weighted by atomic mass is 10.3. The summed E-state index contributed by atoms with van der Waals surface area (Å²) in [5, 5.41) is 0. The van der Waals surface area contributed by atoms with Gasteiger partial charge in [-0.2, -0.15) is 0 Å². The van der Waals surface area contributed by atoms with Crippen LogP contribution in [-0.2, 0) is 0 Å². The van der Waals surface area contributed by atoms with E-state index in [2.05, 4.69) is 25.8 Å². The monoisotopic (exact) mass is 323 g/mol. The van der Waals surface area contributed by atoms with Crippen LogP contribution in [0.3, 0.4) is 0 Å². The molecule has 0 spiro atoms. The fourth-order valence-corrected chi connectivity index (χ4v) is 3.22. The molecular formula is C17H17N5O2. The van der Waals surface area contributed by atoms with E-state index in [0.717, 1.165) is 60.5 Å². The summed E-state index contributed by atoms with van der Waals surface area (Å²) < 4.78 is 10.8. The van der Waals surface area contributed by atoms with Gasteiger partial charge < -0.3 is 24.3 Å². The minimum atomic E-state index is 0.282. The molecule has 2 aliphatic heterocycles. The van der Waals surface area contributed by atoms with Gasteiger partial charge in [0.1, 0.15) is 5.82 Å². The second-order valence-corrected chi connectivity index (χ2v) is 5.95. The van der Waals surface area contributed by atoms with Gasteiger partial charge in [-0.1, -0.05) is 6.07 Å². The highest BCUT2D eigenvalue weighted by Gasteiger charge is 2.22. The van der Waals surface area contributed by atoms with Gasteiger partial charge in [-0.3, -0.25) is 0 Å². The number of pyridine rings is 1. The average Bonchev–Trinajstić information content (AvgIpc) is 3.26. The van der Waals surface area contributed by atoms with Crippen molar-refractivity contribution in [1.82, 2.24) is 15.0 Å². The summed E-state index contributed by atoms with van der Waals surface area (Å²) in [6, 6.07) is 9.91. The first kappa shape index (κ1) is 13.5. The van der Waals surface area contributed by atoms with Crippen LogP contribution in [0, 0.1) is 0 Å². The Balaban J connectivity index is 1.35. The van der Waals surface area contributed by atoms with E-state index >= 15 is 0 Å². The van der Waals surface area contributed by atoms with E-state index in [-0.39, 0.29) is 6.79 Å². The minimum Gasteiger partial charge on any atom is -0.454 e. The smallest absolute Gasteiger partial charge is 0.231 e. The Labute approximate surface area is 138 Å². The molecule has 1 fully saturated rings. The van der Waals surface area contributed by atoms with Crippen molar-refractivity contribution < 1.29 is 9.47 Å². The molecule has 122 valence electrons. The summed E-state index contributed by atoms with van der Waals surface area (Å²) in [4.78, 5) is 17.1. The second-order valence-electron chi connectivity index (χ2n) is 5.95. The molecule has 7 nitrogen and oxygen atoms in total. The number of hydrogen-bond acceptors (Lipinski definition) is 6. The molecule has 7 heteroatoms. The number of piperazine rings is 1. The second kappa shape index (κ2) is 5.30. The lowest BCUT2D eigenvalue weighted by molar-refractivity contribution is 0.174. The summed E-state index contributed by atoms with van der Waals surface area (Å²) in [5.41, 5.74) is 1.88. The van der Waals surface area contributed by atoms with Gasteiger partial charge in [0, 0.05) is 44.5 Å². The lowest BCUT2D eigenvalue weighted by Gasteiger charge is -2.35. The van der Waals surface area contributed by atoms with E-state index in [4.69, 9.17) is 14.5 Å². The molecule has 3 aromatic rings. The number of anilines is 2. The number of nitrogens with zero attached hydrogens (tertiary/aromatic N) is 4. The van der Waals surface area contributed by atoms with Crippen LogP contribution in [0.25, 0.3) is 11.0 Å². The molecule has 1 saturated heterocycles. The number of rotatable bonds is 2. The molecule has 24 heavy (non-hydrogen) atoms. The third-order valence-corrected chi connectivity index (χ3v) is 4.52. The van der Waals surface area contributed by atoms with E-state index in [0.29, 0.717) is 0 Å². The van der Waals surface area contributed by atoms with Gasteiger partial charge in [-0.15, -0.1) is 0 Å². The fourth-order valence-electron chi connectivity index (χ4n) is 3.22. The molecular weight excluding hydrogens is 306 g/mol. The number of H-pyrrole nitrogens is 1. The molecule has 0 saturated carbocycles. The molecule has 0 radical (unpaired) electrons. The van der Waals surface area contributed by atoms with Crippen LogP contribution < -0.4 is 19.3 Å². The summed E-state index contributed by atoms with van der Waals surface area (Å²) in [5.74, 6) is 3.47. The van der Waals surface area contributed by atoms with Crippen LogP contribution >= 0.6 is 0 Å². The summed E-state index contributed by atoms with van der Waals surface area (Å²) >= 11 is 0. The Bertz CT molecular complexity index is 830. The van der Waals surface area contributed by atoms with E-state index < -0.39 is 0 Å². The van der Waals surface area contributed by atoms with Crippen LogP contribution in [0.15, 0.2) is 36.5 Å². The number of fused-ring (bicyclic) bond motifs is 2. The molecule has 0 unspecified atom stereocenters. The molecule has 0 amide bonds. The average molecular weight is 323 g/mol. The van der Waals surface area contributed by atoms with Crippen LogP contribution in [0.2, 0.25) is 0 Å². The number of benzene rings is 1. The van der Waals surface area contributed by atoms with Crippen molar-refractivity contribution in [2.75, 3.05) is 42.8 Å². The Hall–Kier alpha value is -2.96. The van der Waals surface area contributed by atoms with E-state index in [1.807, 2.05) is 30.5 Å². The highest BCUT2D eigenvalue weighted by atomic mass is 16.7. The van der Waals surface area contributed by atoms with Crippen molar-refractivity contribution in [3.63, 3.8) is 0 Å². The maximum absolute atomic E-state index is 5.43. The van der Waals surface area contributed by atoms with Gasteiger partial charge in [0.2, 0.25) is 12.7 Å². The molecule has 4 heterocycles. The fraction of sp³-hybridized carbons (Fsp3) is 0.294. The highest BCUT2D eigenvalue weighted by Crippen LogP contribution is 2.36. The topological polar surface area (TPSA) is 66.5 Å². The Morgan fingerprint density at radius 3 is 2.54 bits per heavy atom. The van der Waals surface area contributed by atoms with E-state index in [1.165, 1.54) is 0 Å². The number of aromatic amines is 1. The van der Waals surface area contributed by atoms with E-state index in [1.54, 1.807) is 0 Å². The Morgan fingerprint density at radius 2 is 1.75 bits per heavy atom. The zero-order valence-electron chi connectivity index (χ0n) is 13.1. The van der Waals surface area contributed by atoms with Crippen molar-refractivity contribution in [3.8, 4) is 11.5 Å². The van der Waals surface area contributed by atoms with Crippen LogP contribution in [-0.4, -0.2) is 47.9 Å². The number of aromatic nitrogens is 3. The first-order valence-corrected chi connectivity index (χ1v) is 8.07. The standard InChI is InChI=1S/C17H17N5O2/c1-2-4-18-16(3-1)21-5-7-22(8-6-21)17-19-12-9-14-15(24-11-23-14)10-13(12)20-17/h1-4,9-10H,5-8,11H2,(H,19,20). The molecule has 2 aliphatic rings. The first-order chi connectivity index (χ1) is 11.9. The Kier molecular flexibility index (Phi) is 2.97. The maximum Gasteiger partial charge on any atom is 0.231 e. The number of imidazole rings is 1. The Morgan fingerprint density at radius 1 is 0.958 bits per heavy atom. The van der Waals surface area contributed by atoms with Gasteiger partial charge in [-0.25, -0.2) is 9.97 Å². The van der Waals surface area contributed by atoms with Crippen molar-refractivity contribution in [2.45, 2.75) is 0 Å². The normalized spacial score (nSPS) is 16.8. The summed E-state index contributed by atoms with van der Waals surface area (Å²) in [6.45, 7) is 3.95. The minimum absolute atomic E-state index is 0.282. The molecule has 1 aromatic carbocycles. The van der Waals surface area contributed by atoms with Gasteiger partial charge >= 0.3 is 0 Å². The van der Waals surface area contributed by atoms with Crippen LogP contribution in [0.4, 0.5) is 11.8 Å². The molecule has 5 rings (SSSR count). The molecule has 2 aromatic heterocycles. The van der Waals surface area contributed by atoms with Crippen molar-refractivity contribution in [1.29, 1.82) is 0 Å². The highest BCUT2D eigenvalue weighted by molar-refractivity contribution is 5.82. The number of nitrogens with one attached hydrogen (secondary N) is 1. The molecule has 0 bridgehead atoms. The lowest BCUT2D eigenvalue weighted by Crippen LogP contribution is -2.47. The predicted octanol–water partition coefficient (Wildman–Crippen LogP) is 2.01. The van der Waals surface area contributed by atoms with Crippen molar-refractivity contribution in [2.24, 2.45) is 0 Å². The molecule has 0 aliphatic carbocycles. The number of hydrogen-bond donors (Lipinski definition) is 1. The third kappa shape index (κ3) is 2.20. The van der Waals surface area contributed by atoms with Gasteiger partial charge in [0.15, 0.2) is 11.5 Å². The van der Waals surface area contributed by atoms with Gasteiger partial charge in [-0.05, 0) is 12.1 Å². The summed E-state index contributed by atoms with van der Waals surface area (Å²) in [7, 11) is 0. The first-order valence-electron chi connectivity index (χ1n) is 8.07. The SMILES string of the molecule is c1ccc(N2CCN(c3nc4cc5c(cc4[nH]3)OCO5)CC2)nc1. The van der Waals surface area contributed by atoms with Crippen LogP contribution in [0.5, 0.6) is 11.5 Å². The third-order valence-electron chi connectivity index (χ3n) is 4.52. The van der Waals surface area contributed by atoms with Gasteiger partial charge in [0.05, 0.1) is 11.0 Å². The van der Waals surface area contributed by atoms with Crippen molar-refractivity contribution in [3.05, 3.63) is 36.5 Å². The summed E-state index contributed by atoms with van der Waals surface area (Å²) in [6.07, 6.45) is 1.84. The zero-order valence-corrected chi connectivity index (χ0v) is 13.1. The van der Waals surface area contributed by atoms with Crippen molar-refractivity contribution >= 4 is 22.8 Å². The van der Waals surface area contributed by atoms with Crippen LogP contribution in [0.1, 0.15) is 0 Å². The molecule has 0 atom stereocenters. The predicted molar refractivity (Wildman–Crippen MR) is 90.9 cm³/mol. The zero-order chi connectivity index (χ0) is 15.9. The van der Waals surface area contributed by atoms with E-state index in [9.17, 15) is 0 Å². The quantitative estimate of drug-likeness (QED) is 0.778. The largest absolute Gasteiger partial charge is 0.454 e. The molecule has 1 N–H and O–H groups in total. The maximum atomic E-state index is 5.43.